The van der Waals surface area contributed by atoms with Gasteiger partial charge < -0.3 is 5.73 Å². The van der Waals surface area contributed by atoms with Crippen LogP contribution < -0.4 is 5.73 Å². The molecule has 2 fully saturated rings. The van der Waals surface area contributed by atoms with Crippen LogP contribution in [0.1, 0.15) is 65.7 Å². The van der Waals surface area contributed by atoms with Gasteiger partial charge >= 0.3 is 0 Å². The van der Waals surface area contributed by atoms with Gasteiger partial charge in [-0.15, -0.1) is 0 Å². The third kappa shape index (κ3) is 1.79. The van der Waals surface area contributed by atoms with Gasteiger partial charge in [0.1, 0.15) is 5.78 Å². The van der Waals surface area contributed by atoms with Gasteiger partial charge in [0, 0.05) is 11.8 Å². The molecule has 21 heavy (non-hydrogen) atoms. The molecule has 0 aromatic rings. The number of rotatable bonds is 1. The van der Waals surface area contributed by atoms with Crippen molar-refractivity contribution in [2.75, 3.05) is 0 Å². The normalized spacial score (nSPS) is 41.8. The summed E-state index contributed by atoms with van der Waals surface area (Å²) in [5, 5.41) is 0. The second kappa shape index (κ2) is 4.44. The van der Waals surface area contributed by atoms with Crippen molar-refractivity contribution >= 4 is 11.7 Å². The van der Waals surface area contributed by atoms with Crippen molar-refractivity contribution in [1.29, 1.82) is 0 Å². The number of carbonyl (C=O) groups is 2. The summed E-state index contributed by atoms with van der Waals surface area (Å²) in [7, 11) is 0. The molecule has 3 atom stereocenters. The SMILES string of the molecule is CC1(C)C(=O)CC[C@]2(C)C3=CCCC[C@]3(C(N)=O)CC[C@@H]12. The highest BCUT2D eigenvalue weighted by Crippen LogP contribution is 2.65. The van der Waals surface area contributed by atoms with Gasteiger partial charge in [0.05, 0.1) is 5.41 Å². The van der Waals surface area contributed by atoms with Crippen molar-refractivity contribution in [2.45, 2.75) is 65.7 Å². The van der Waals surface area contributed by atoms with E-state index in [4.69, 9.17) is 5.73 Å². The average Bonchev–Trinajstić information content (AvgIpc) is 2.43. The Kier molecular flexibility index (Phi) is 3.13. The fourth-order valence-electron chi connectivity index (χ4n) is 5.65. The molecule has 0 aromatic heterocycles. The molecule has 2 saturated carbocycles. The number of Topliss-reactive ketones (excluding diaryl/α,β-unsaturated/α-hetero) is 1. The topological polar surface area (TPSA) is 60.2 Å². The first kappa shape index (κ1) is 14.8. The highest BCUT2D eigenvalue weighted by Gasteiger charge is 2.60. The summed E-state index contributed by atoms with van der Waals surface area (Å²) in [6.07, 6.45) is 8.54. The summed E-state index contributed by atoms with van der Waals surface area (Å²) in [6.45, 7) is 6.47. The molecule has 3 aliphatic rings. The standard InChI is InChI=1S/C18H27NO2/c1-16(2)12-7-11-18(15(19)21)9-5-4-6-13(18)17(12,3)10-8-14(16)20/h6,12H,4-5,7-11H2,1-3H3,(H2,19,21)/t12-,17-,18-/m0/s1. The van der Waals surface area contributed by atoms with Gasteiger partial charge in [-0.05, 0) is 49.9 Å². The molecular formula is C18H27NO2. The first-order valence-corrected chi connectivity index (χ1v) is 8.29. The molecule has 116 valence electrons. The lowest BCUT2D eigenvalue weighted by Gasteiger charge is -2.59. The van der Waals surface area contributed by atoms with E-state index in [0.29, 0.717) is 18.1 Å². The fourth-order valence-corrected chi connectivity index (χ4v) is 5.65. The number of amides is 1. The predicted octanol–water partition coefficient (Wildman–Crippen LogP) is 3.37. The molecule has 0 spiro atoms. The number of carbonyl (C=O) groups excluding carboxylic acids is 2. The molecule has 1 amide bonds. The quantitative estimate of drug-likeness (QED) is 0.752. The zero-order valence-electron chi connectivity index (χ0n) is 13.5. The molecular weight excluding hydrogens is 262 g/mol. The van der Waals surface area contributed by atoms with Crippen LogP contribution in [0.15, 0.2) is 11.6 Å². The van der Waals surface area contributed by atoms with E-state index in [1.54, 1.807) is 0 Å². The summed E-state index contributed by atoms with van der Waals surface area (Å²) in [5.41, 5.74) is 6.36. The molecule has 3 rings (SSSR count). The molecule has 0 unspecified atom stereocenters. The predicted molar refractivity (Wildman–Crippen MR) is 82.4 cm³/mol. The van der Waals surface area contributed by atoms with Crippen LogP contribution in [0.2, 0.25) is 0 Å². The highest BCUT2D eigenvalue weighted by atomic mass is 16.1. The Labute approximate surface area is 127 Å². The van der Waals surface area contributed by atoms with Crippen molar-refractivity contribution in [1.82, 2.24) is 0 Å². The first-order chi connectivity index (χ1) is 9.75. The maximum Gasteiger partial charge on any atom is 0.227 e. The van der Waals surface area contributed by atoms with Gasteiger partial charge in [0.25, 0.3) is 0 Å². The molecule has 0 heterocycles. The Balaban J connectivity index is 2.11. The van der Waals surface area contributed by atoms with Crippen molar-refractivity contribution in [3.8, 4) is 0 Å². The third-order valence-corrected chi connectivity index (χ3v) is 6.85. The zero-order chi connectivity index (χ0) is 15.5. The maximum absolute atomic E-state index is 12.4. The number of nitrogens with two attached hydrogens (primary N) is 1. The van der Waals surface area contributed by atoms with Crippen molar-refractivity contribution in [3.05, 3.63) is 11.6 Å². The Bertz CT molecular complexity index is 533. The summed E-state index contributed by atoms with van der Waals surface area (Å²) in [6, 6.07) is 0. The Hall–Kier alpha value is -1.12. The van der Waals surface area contributed by atoms with E-state index in [1.165, 1.54) is 5.57 Å². The van der Waals surface area contributed by atoms with Crippen LogP contribution in [0.5, 0.6) is 0 Å². The van der Waals surface area contributed by atoms with Crippen LogP contribution in [0.4, 0.5) is 0 Å². The average molecular weight is 289 g/mol. The maximum atomic E-state index is 12.4. The van der Waals surface area contributed by atoms with Crippen molar-refractivity contribution in [3.63, 3.8) is 0 Å². The molecule has 2 N–H and O–H groups in total. The van der Waals surface area contributed by atoms with E-state index in [-0.39, 0.29) is 16.7 Å². The second-order valence-corrected chi connectivity index (χ2v) is 8.11. The van der Waals surface area contributed by atoms with E-state index in [2.05, 4.69) is 26.8 Å². The molecule has 3 aliphatic carbocycles. The van der Waals surface area contributed by atoms with Crippen LogP contribution in [0, 0.1) is 22.2 Å². The molecule has 0 aromatic carbocycles. The number of allylic oxidation sites excluding steroid dienone is 1. The molecule has 0 radical (unpaired) electrons. The Morgan fingerprint density at radius 3 is 2.62 bits per heavy atom. The van der Waals surface area contributed by atoms with Crippen LogP contribution >= 0.6 is 0 Å². The summed E-state index contributed by atoms with van der Waals surface area (Å²) in [5.74, 6) is 0.568. The lowest BCUT2D eigenvalue weighted by Crippen LogP contribution is -2.57. The number of primary amides is 1. The zero-order valence-corrected chi connectivity index (χ0v) is 13.5. The highest BCUT2D eigenvalue weighted by molar-refractivity contribution is 5.88. The van der Waals surface area contributed by atoms with Crippen molar-refractivity contribution < 1.29 is 9.59 Å². The number of ketones is 1. The molecule has 0 aliphatic heterocycles. The monoisotopic (exact) mass is 289 g/mol. The van der Waals surface area contributed by atoms with Crippen LogP contribution in [0.25, 0.3) is 0 Å². The van der Waals surface area contributed by atoms with Gasteiger partial charge in [-0.3, -0.25) is 9.59 Å². The third-order valence-electron chi connectivity index (χ3n) is 6.85. The van der Waals surface area contributed by atoms with Crippen LogP contribution in [0.3, 0.4) is 0 Å². The summed E-state index contributed by atoms with van der Waals surface area (Å²) >= 11 is 0. The number of hydrogen-bond acceptors (Lipinski definition) is 2. The Morgan fingerprint density at radius 2 is 1.95 bits per heavy atom. The molecule has 0 saturated heterocycles. The first-order valence-electron chi connectivity index (χ1n) is 8.29. The van der Waals surface area contributed by atoms with Gasteiger partial charge in [-0.1, -0.05) is 32.4 Å². The number of hydrogen-bond donors (Lipinski definition) is 1. The van der Waals surface area contributed by atoms with Crippen LogP contribution in [-0.2, 0) is 9.59 Å². The lowest BCUT2D eigenvalue weighted by atomic mass is 9.43. The molecule has 3 heteroatoms. The van der Waals surface area contributed by atoms with E-state index in [9.17, 15) is 9.59 Å². The number of fused-ring (bicyclic) bond motifs is 3. The van der Waals surface area contributed by atoms with E-state index >= 15 is 0 Å². The summed E-state index contributed by atoms with van der Waals surface area (Å²) < 4.78 is 0. The second-order valence-electron chi connectivity index (χ2n) is 8.11. The smallest absolute Gasteiger partial charge is 0.227 e. The van der Waals surface area contributed by atoms with Gasteiger partial charge in [-0.2, -0.15) is 0 Å². The minimum atomic E-state index is -0.431. The van der Waals surface area contributed by atoms with Gasteiger partial charge in [-0.25, -0.2) is 0 Å². The Morgan fingerprint density at radius 1 is 1.24 bits per heavy atom. The van der Waals surface area contributed by atoms with E-state index in [1.807, 2.05) is 0 Å². The minimum Gasteiger partial charge on any atom is -0.369 e. The van der Waals surface area contributed by atoms with E-state index in [0.717, 1.165) is 38.5 Å². The largest absolute Gasteiger partial charge is 0.369 e. The molecule has 3 nitrogen and oxygen atoms in total. The fraction of sp³-hybridized carbons (Fsp3) is 0.778. The van der Waals surface area contributed by atoms with Gasteiger partial charge in [0.15, 0.2) is 0 Å². The lowest BCUT2D eigenvalue weighted by molar-refractivity contribution is -0.144. The van der Waals surface area contributed by atoms with E-state index < -0.39 is 5.41 Å². The minimum absolute atomic E-state index is 0.0366. The summed E-state index contributed by atoms with van der Waals surface area (Å²) in [4.78, 5) is 24.6. The van der Waals surface area contributed by atoms with Crippen LogP contribution in [-0.4, -0.2) is 11.7 Å². The van der Waals surface area contributed by atoms with Crippen molar-refractivity contribution in [2.24, 2.45) is 27.9 Å². The van der Waals surface area contributed by atoms with Gasteiger partial charge in [0.2, 0.25) is 5.91 Å². The molecule has 0 bridgehead atoms.